The zero-order valence-corrected chi connectivity index (χ0v) is 6.77. The van der Waals surface area contributed by atoms with E-state index in [4.69, 9.17) is 0 Å². The van der Waals surface area contributed by atoms with Gasteiger partial charge in [-0.25, -0.2) is 0 Å². The molecule has 0 aromatic heterocycles. The molecule has 1 saturated heterocycles. The molecule has 1 heterocycles. The minimum atomic E-state index is 0.877. The summed E-state index contributed by atoms with van der Waals surface area (Å²) in [5.41, 5.74) is 0. The second kappa shape index (κ2) is 2.54. The van der Waals surface area contributed by atoms with Crippen molar-refractivity contribution in [2.75, 3.05) is 6.54 Å². The predicted molar refractivity (Wildman–Crippen MR) is 42.9 cm³/mol. The average Bonchev–Trinajstić information content (AvgIpc) is 2.22. The van der Waals surface area contributed by atoms with Crippen LogP contribution in [0, 0.1) is 11.8 Å². The summed E-state index contributed by atoms with van der Waals surface area (Å²) in [5.74, 6) is 2.00. The molecule has 2 rings (SSSR count). The molecule has 0 aromatic rings. The van der Waals surface area contributed by atoms with Crippen molar-refractivity contribution >= 4 is 0 Å². The van der Waals surface area contributed by atoms with Crippen LogP contribution in [0.3, 0.4) is 0 Å². The molecule has 3 unspecified atom stereocenters. The van der Waals surface area contributed by atoms with Gasteiger partial charge in [-0.3, -0.25) is 0 Å². The Bertz CT molecular complexity index is 122. The average molecular weight is 139 g/mol. The molecule has 58 valence electrons. The Morgan fingerprint density at radius 1 is 1.20 bits per heavy atom. The first-order valence-corrected chi connectivity index (χ1v) is 4.58. The molecule has 1 saturated carbocycles. The highest BCUT2D eigenvalue weighted by Crippen LogP contribution is 2.30. The molecule has 2 fully saturated rings. The maximum Gasteiger partial charge on any atom is 0.00728 e. The minimum Gasteiger partial charge on any atom is -0.314 e. The number of fused-ring (bicyclic) bond motifs is 2. The quantitative estimate of drug-likeness (QED) is 0.539. The van der Waals surface area contributed by atoms with Gasteiger partial charge in [-0.15, -0.1) is 0 Å². The Morgan fingerprint density at radius 3 is 3.00 bits per heavy atom. The van der Waals surface area contributed by atoms with Crippen molar-refractivity contribution in [1.29, 1.82) is 0 Å². The van der Waals surface area contributed by atoms with Gasteiger partial charge in [0.2, 0.25) is 0 Å². The van der Waals surface area contributed by atoms with Crippen molar-refractivity contribution in [2.24, 2.45) is 11.8 Å². The fourth-order valence-corrected chi connectivity index (χ4v) is 2.43. The molecule has 1 aliphatic heterocycles. The first kappa shape index (κ1) is 6.66. The van der Waals surface area contributed by atoms with Crippen molar-refractivity contribution in [3.63, 3.8) is 0 Å². The highest BCUT2D eigenvalue weighted by atomic mass is 14.9. The van der Waals surface area contributed by atoms with Gasteiger partial charge in [0.1, 0.15) is 0 Å². The van der Waals surface area contributed by atoms with Crippen LogP contribution >= 0.6 is 0 Å². The second-order valence-corrected chi connectivity index (χ2v) is 4.13. The zero-order valence-electron chi connectivity index (χ0n) is 6.77. The Balaban J connectivity index is 1.99. The van der Waals surface area contributed by atoms with Crippen molar-refractivity contribution in [1.82, 2.24) is 5.32 Å². The fourth-order valence-electron chi connectivity index (χ4n) is 2.43. The van der Waals surface area contributed by atoms with Crippen molar-refractivity contribution in [2.45, 2.75) is 38.6 Å². The van der Waals surface area contributed by atoms with E-state index in [0.29, 0.717) is 0 Å². The Hall–Kier alpha value is -0.0400. The minimum absolute atomic E-state index is 0.877. The topological polar surface area (TPSA) is 12.0 Å². The molecule has 0 spiro atoms. The van der Waals surface area contributed by atoms with Crippen LogP contribution in [0.1, 0.15) is 32.6 Å². The zero-order chi connectivity index (χ0) is 6.97. The van der Waals surface area contributed by atoms with Gasteiger partial charge in [0.05, 0.1) is 0 Å². The van der Waals surface area contributed by atoms with Crippen molar-refractivity contribution in [3.8, 4) is 0 Å². The molecule has 0 amide bonds. The Kier molecular flexibility index (Phi) is 1.69. The van der Waals surface area contributed by atoms with Gasteiger partial charge in [-0.1, -0.05) is 13.3 Å². The van der Waals surface area contributed by atoms with Gasteiger partial charge in [0.15, 0.2) is 0 Å². The fraction of sp³-hybridized carbons (Fsp3) is 1.00. The van der Waals surface area contributed by atoms with Crippen LogP contribution in [-0.4, -0.2) is 12.6 Å². The molecule has 0 aromatic carbocycles. The molecule has 1 N–H and O–H groups in total. The van der Waals surface area contributed by atoms with Crippen LogP contribution in [-0.2, 0) is 0 Å². The van der Waals surface area contributed by atoms with E-state index in [2.05, 4.69) is 12.2 Å². The number of rotatable bonds is 0. The van der Waals surface area contributed by atoms with E-state index in [1.54, 1.807) is 0 Å². The number of nitrogens with one attached hydrogen (secondary N) is 1. The molecule has 1 heteroatoms. The van der Waals surface area contributed by atoms with Crippen LogP contribution in [0.4, 0.5) is 0 Å². The van der Waals surface area contributed by atoms with Crippen molar-refractivity contribution < 1.29 is 0 Å². The third-order valence-corrected chi connectivity index (χ3v) is 3.07. The van der Waals surface area contributed by atoms with E-state index >= 15 is 0 Å². The largest absolute Gasteiger partial charge is 0.314 e. The van der Waals surface area contributed by atoms with Crippen LogP contribution in [0.5, 0.6) is 0 Å². The lowest BCUT2D eigenvalue weighted by molar-refractivity contribution is 0.408. The summed E-state index contributed by atoms with van der Waals surface area (Å²) in [7, 11) is 0. The molecular weight excluding hydrogens is 122 g/mol. The summed E-state index contributed by atoms with van der Waals surface area (Å²) in [6.45, 7) is 3.69. The summed E-state index contributed by atoms with van der Waals surface area (Å²) < 4.78 is 0. The van der Waals surface area contributed by atoms with E-state index in [1.165, 1.54) is 32.2 Å². The summed E-state index contributed by atoms with van der Waals surface area (Å²) in [6, 6.07) is 0.877. The van der Waals surface area contributed by atoms with Crippen LogP contribution in [0.2, 0.25) is 0 Å². The second-order valence-electron chi connectivity index (χ2n) is 4.13. The first-order chi connectivity index (χ1) is 4.84. The number of hydrogen-bond donors (Lipinski definition) is 1. The maximum atomic E-state index is 3.59. The third-order valence-electron chi connectivity index (χ3n) is 3.07. The van der Waals surface area contributed by atoms with Gasteiger partial charge < -0.3 is 5.32 Å². The van der Waals surface area contributed by atoms with Gasteiger partial charge >= 0.3 is 0 Å². The molecule has 10 heavy (non-hydrogen) atoms. The Labute approximate surface area is 63.2 Å². The summed E-state index contributed by atoms with van der Waals surface area (Å²) in [6.07, 6.45) is 5.84. The molecule has 1 nitrogen and oxygen atoms in total. The van der Waals surface area contributed by atoms with E-state index in [1.807, 2.05) is 0 Å². The summed E-state index contributed by atoms with van der Waals surface area (Å²) >= 11 is 0. The number of hydrogen-bond acceptors (Lipinski definition) is 1. The molecule has 2 bridgehead atoms. The first-order valence-electron chi connectivity index (χ1n) is 4.58. The van der Waals surface area contributed by atoms with E-state index in [-0.39, 0.29) is 0 Å². The van der Waals surface area contributed by atoms with E-state index in [9.17, 15) is 0 Å². The highest BCUT2D eigenvalue weighted by molar-refractivity contribution is 4.86. The lowest BCUT2D eigenvalue weighted by Crippen LogP contribution is -2.24. The molecule has 0 radical (unpaired) electrons. The molecule has 1 aliphatic carbocycles. The predicted octanol–water partition coefficient (Wildman–Crippen LogP) is 1.78. The smallest absolute Gasteiger partial charge is 0.00728 e. The maximum absolute atomic E-state index is 3.59. The van der Waals surface area contributed by atoms with Crippen LogP contribution in [0.15, 0.2) is 0 Å². The molecule has 2 aliphatic rings. The van der Waals surface area contributed by atoms with Crippen molar-refractivity contribution in [3.05, 3.63) is 0 Å². The van der Waals surface area contributed by atoms with Gasteiger partial charge in [0, 0.05) is 6.04 Å². The SMILES string of the molecule is CC1CCC2CNC(C1)C2. The van der Waals surface area contributed by atoms with E-state index < -0.39 is 0 Å². The normalized spacial score (nSPS) is 47.1. The lowest BCUT2D eigenvalue weighted by atomic mass is 9.99. The van der Waals surface area contributed by atoms with E-state index in [0.717, 1.165) is 17.9 Å². The standard InChI is InChI=1S/C9H17N/c1-7-2-3-8-5-9(4-7)10-6-8/h7-10H,2-6H2,1H3. The monoisotopic (exact) mass is 139 g/mol. The third kappa shape index (κ3) is 1.20. The Morgan fingerprint density at radius 2 is 2.10 bits per heavy atom. The van der Waals surface area contributed by atoms with Crippen LogP contribution < -0.4 is 5.32 Å². The summed E-state index contributed by atoms with van der Waals surface area (Å²) in [4.78, 5) is 0. The molecular formula is C9H17N. The summed E-state index contributed by atoms with van der Waals surface area (Å²) in [5, 5.41) is 3.59. The van der Waals surface area contributed by atoms with Gasteiger partial charge in [0.25, 0.3) is 0 Å². The van der Waals surface area contributed by atoms with Gasteiger partial charge in [-0.2, -0.15) is 0 Å². The highest BCUT2D eigenvalue weighted by Gasteiger charge is 2.28. The molecule has 3 atom stereocenters. The van der Waals surface area contributed by atoms with Gasteiger partial charge in [-0.05, 0) is 37.6 Å². The van der Waals surface area contributed by atoms with Crippen LogP contribution in [0.25, 0.3) is 0 Å². The lowest BCUT2D eigenvalue weighted by Gasteiger charge is -2.15.